The molecule has 2 aromatic rings. The molecule has 2 amide bonds. The number of rotatable bonds is 7. The maximum atomic E-state index is 12.7. The van der Waals surface area contributed by atoms with Crippen molar-refractivity contribution in [1.82, 2.24) is 4.90 Å². The molecule has 1 heterocycles. The number of ether oxygens (including phenoxy) is 1. The number of imide groups is 1. The molecule has 0 unspecified atom stereocenters. The summed E-state index contributed by atoms with van der Waals surface area (Å²) in [5.41, 5.74) is -0.125. The van der Waals surface area contributed by atoms with E-state index in [9.17, 15) is 29.6 Å². The fraction of sp³-hybridized carbons (Fsp3) is 0.150. The van der Waals surface area contributed by atoms with E-state index in [1.165, 1.54) is 36.4 Å². The van der Waals surface area contributed by atoms with E-state index < -0.39 is 39.8 Å². The second-order valence-corrected chi connectivity index (χ2v) is 7.70. The van der Waals surface area contributed by atoms with Gasteiger partial charge in [0.15, 0.2) is 11.5 Å². The van der Waals surface area contributed by atoms with E-state index in [1.54, 1.807) is 6.92 Å². The third-order valence-electron chi connectivity index (χ3n) is 4.21. The second kappa shape index (κ2) is 9.19. The number of Topliss-reactive ketones (excluding diaryl/α,β-unsaturated/α-hetero) is 1. The molecule has 0 saturated carbocycles. The molecule has 1 saturated heterocycles. The molecule has 0 atom stereocenters. The van der Waals surface area contributed by atoms with Gasteiger partial charge in [-0.15, -0.1) is 0 Å². The number of nitro groups is 1. The minimum Gasteiger partial charge on any atom is -0.500 e. The van der Waals surface area contributed by atoms with Crippen molar-refractivity contribution in [3.63, 3.8) is 0 Å². The van der Waals surface area contributed by atoms with Crippen molar-refractivity contribution in [2.45, 2.75) is 6.92 Å². The molecule has 31 heavy (non-hydrogen) atoms. The van der Waals surface area contributed by atoms with E-state index in [-0.39, 0.29) is 22.8 Å². The van der Waals surface area contributed by atoms with Gasteiger partial charge in [-0.2, -0.15) is 0 Å². The number of aromatic hydroxyl groups is 1. The number of phenols is 1. The Morgan fingerprint density at radius 1 is 1.29 bits per heavy atom. The van der Waals surface area contributed by atoms with Crippen molar-refractivity contribution in [2.75, 3.05) is 13.2 Å². The van der Waals surface area contributed by atoms with Gasteiger partial charge in [0.05, 0.1) is 23.0 Å². The Labute approximate surface area is 185 Å². The van der Waals surface area contributed by atoms with Crippen molar-refractivity contribution < 1.29 is 29.2 Å². The van der Waals surface area contributed by atoms with Crippen molar-refractivity contribution in [3.8, 4) is 11.5 Å². The van der Waals surface area contributed by atoms with Crippen LogP contribution in [0.5, 0.6) is 11.5 Å². The molecule has 160 valence electrons. The molecule has 11 heteroatoms. The van der Waals surface area contributed by atoms with Gasteiger partial charge in [0.1, 0.15) is 0 Å². The first kappa shape index (κ1) is 22.3. The van der Waals surface area contributed by atoms with Gasteiger partial charge in [-0.3, -0.25) is 29.4 Å². The molecule has 3 rings (SSSR count). The summed E-state index contributed by atoms with van der Waals surface area (Å²) in [6.07, 6.45) is 1.27. The average molecular weight is 463 g/mol. The second-order valence-electron chi connectivity index (χ2n) is 6.27. The number of phenolic OH excluding ortho intramolecular Hbond substituents is 1. The van der Waals surface area contributed by atoms with E-state index in [0.29, 0.717) is 22.3 Å². The molecule has 0 bridgehead atoms. The van der Waals surface area contributed by atoms with Crippen LogP contribution in [0.3, 0.4) is 0 Å². The van der Waals surface area contributed by atoms with E-state index in [4.69, 9.17) is 16.3 Å². The predicted octanol–water partition coefficient (Wildman–Crippen LogP) is 4.27. The summed E-state index contributed by atoms with van der Waals surface area (Å²) in [7, 11) is 0. The van der Waals surface area contributed by atoms with E-state index in [0.717, 1.165) is 11.0 Å². The molecule has 0 aliphatic carbocycles. The smallest absolute Gasteiger partial charge is 0.315 e. The number of carbonyl (C=O) groups is 3. The van der Waals surface area contributed by atoms with Gasteiger partial charge in [0.2, 0.25) is 5.75 Å². The highest BCUT2D eigenvalue weighted by Crippen LogP contribution is 2.39. The monoisotopic (exact) mass is 462 g/mol. The minimum atomic E-state index is -0.786. The maximum absolute atomic E-state index is 12.7. The summed E-state index contributed by atoms with van der Waals surface area (Å²) >= 11 is 6.40. The van der Waals surface area contributed by atoms with Gasteiger partial charge < -0.3 is 9.84 Å². The lowest BCUT2D eigenvalue weighted by Gasteiger charge is -2.11. The van der Waals surface area contributed by atoms with Crippen LogP contribution in [-0.4, -0.2) is 45.0 Å². The first-order valence-corrected chi connectivity index (χ1v) is 10.1. The van der Waals surface area contributed by atoms with Crippen LogP contribution in [-0.2, 0) is 4.79 Å². The van der Waals surface area contributed by atoms with Crippen LogP contribution in [0.15, 0.2) is 41.3 Å². The molecule has 9 nitrogen and oxygen atoms in total. The molecule has 0 aromatic heterocycles. The highest BCUT2D eigenvalue weighted by atomic mass is 35.5. The van der Waals surface area contributed by atoms with Gasteiger partial charge in [0.25, 0.3) is 11.1 Å². The lowest BCUT2D eigenvalue weighted by Crippen LogP contribution is -2.33. The fourth-order valence-electron chi connectivity index (χ4n) is 2.76. The summed E-state index contributed by atoms with van der Waals surface area (Å²) in [6.45, 7) is 1.34. The van der Waals surface area contributed by atoms with Crippen LogP contribution in [0.25, 0.3) is 6.08 Å². The van der Waals surface area contributed by atoms with Gasteiger partial charge in [0, 0.05) is 16.7 Å². The number of carbonyl (C=O) groups excluding carboxylic acids is 3. The number of benzene rings is 2. The van der Waals surface area contributed by atoms with Crippen LogP contribution in [0.1, 0.15) is 22.8 Å². The highest BCUT2D eigenvalue weighted by molar-refractivity contribution is 8.18. The summed E-state index contributed by atoms with van der Waals surface area (Å²) < 4.78 is 5.20. The molecule has 1 aliphatic rings. The molecule has 2 aromatic carbocycles. The number of hydrogen-bond donors (Lipinski definition) is 1. The lowest BCUT2D eigenvalue weighted by atomic mass is 10.1. The maximum Gasteiger partial charge on any atom is 0.315 e. The Morgan fingerprint density at radius 2 is 1.97 bits per heavy atom. The molecule has 1 fully saturated rings. The molecule has 1 N–H and O–H groups in total. The van der Waals surface area contributed by atoms with Gasteiger partial charge in [-0.25, -0.2) is 0 Å². The number of thioether (sulfide) groups is 1. The van der Waals surface area contributed by atoms with Gasteiger partial charge >= 0.3 is 5.69 Å². The number of hydrogen-bond acceptors (Lipinski definition) is 8. The SMILES string of the molecule is CCOc1cc(/C=C2\SC(=O)N(CC(=O)c3ccc(Cl)cc3)C2=O)cc([N+](=O)[O-])c1O. The predicted molar refractivity (Wildman–Crippen MR) is 114 cm³/mol. The zero-order valence-corrected chi connectivity index (χ0v) is 17.6. The first-order valence-electron chi connectivity index (χ1n) is 8.89. The lowest BCUT2D eigenvalue weighted by molar-refractivity contribution is -0.386. The van der Waals surface area contributed by atoms with Gasteiger partial charge in [-0.1, -0.05) is 11.6 Å². The van der Waals surface area contributed by atoms with Crippen LogP contribution in [0.4, 0.5) is 10.5 Å². The highest BCUT2D eigenvalue weighted by Gasteiger charge is 2.36. The van der Waals surface area contributed by atoms with E-state index in [1.807, 2.05) is 0 Å². The zero-order valence-electron chi connectivity index (χ0n) is 16.0. The normalized spacial score (nSPS) is 14.9. The summed E-state index contributed by atoms with van der Waals surface area (Å²) in [5.74, 6) is -1.91. The third-order valence-corrected chi connectivity index (χ3v) is 5.37. The Hall–Kier alpha value is -3.37. The molecular formula is C20H15ClN2O7S. The first-order chi connectivity index (χ1) is 14.7. The van der Waals surface area contributed by atoms with E-state index in [2.05, 4.69) is 0 Å². The molecule has 0 radical (unpaired) electrons. The number of amides is 2. The molecule has 1 aliphatic heterocycles. The average Bonchev–Trinajstić information content (AvgIpc) is 2.98. The zero-order chi connectivity index (χ0) is 22.7. The largest absolute Gasteiger partial charge is 0.500 e. The number of ketones is 1. The van der Waals surface area contributed by atoms with Crippen LogP contribution in [0.2, 0.25) is 5.02 Å². The summed E-state index contributed by atoms with van der Waals surface area (Å²) in [4.78, 5) is 48.6. The quantitative estimate of drug-likeness (QED) is 0.279. The van der Waals surface area contributed by atoms with Crippen molar-refractivity contribution in [2.24, 2.45) is 0 Å². The third kappa shape index (κ3) is 4.86. The van der Waals surface area contributed by atoms with Crippen molar-refractivity contribution in [1.29, 1.82) is 0 Å². The summed E-state index contributed by atoms with van der Waals surface area (Å²) in [5, 5.41) is 21.0. The van der Waals surface area contributed by atoms with Gasteiger partial charge in [-0.05, 0) is 60.7 Å². The minimum absolute atomic E-state index is 0.0173. The number of nitro benzene ring substituents is 1. The van der Waals surface area contributed by atoms with Crippen LogP contribution in [0, 0.1) is 10.1 Å². The van der Waals surface area contributed by atoms with Crippen LogP contribution >= 0.6 is 23.4 Å². The fourth-order valence-corrected chi connectivity index (χ4v) is 3.72. The van der Waals surface area contributed by atoms with Crippen LogP contribution < -0.4 is 4.74 Å². The number of nitrogens with zero attached hydrogens (tertiary/aromatic N) is 2. The standard InChI is InChI=1S/C20H15ClN2O7S/c1-2-30-16-8-11(7-14(18(16)25)23(28)29)9-17-19(26)22(20(27)31-17)10-15(24)12-3-5-13(21)6-4-12/h3-9,25H,2,10H2,1H3/b17-9-. The van der Waals surface area contributed by atoms with Crippen molar-refractivity contribution >= 4 is 52.1 Å². The Morgan fingerprint density at radius 3 is 2.58 bits per heavy atom. The Bertz CT molecular complexity index is 1120. The Kier molecular flexibility index (Phi) is 6.62. The topological polar surface area (TPSA) is 127 Å². The Balaban J connectivity index is 1.87. The number of halogens is 1. The van der Waals surface area contributed by atoms with Crippen molar-refractivity contribution in [3.05, 3.63) is 67.6 Å². The summed E-state index contributed by atoms with van der Waals surface area (Å²) in [6, 6.07) is 8.41. The molecular weight excluding hydrogens is 448 g/mol. The van der Waals surface area contributed by atoms with E-state index >= 15 is 0 Å². The molecule has 0 spiro atoms.